The minimum Gasteiger partial charge on any atom is -0.391 e. The van der Waals surface area contributed by atoms with E-state index in [0.29, 0.717) is 22.2 Å². The molecule has 2 heterocycles. The Kier molecular flexibility index (Phi) is 4.42. The van der Waals surface area contributed by atoms with Crippen molar-refractivity contribution in [1.82, 2.24) is 9.38 Å². The Balaban J connectivity index is 2.16. The summed E-state index contributed by atoms with van der Waals surface area (Å²) in [7, 11) is 3.83. The van der Waals surface area contributed by atoms with Crippen LogP contribution in [-0.4, -0.2) is 28.6 Å². The van der Waals surface area contributed by atoms with Gasteiger partial charge in [-0.2, -0.15) is 0 Å². The molecule has 3 aromatic rings. The first-order chi connectivity index (χ1) is 11.5. The Morgan fingerprint density at radius 2 is 2.08 bits per heavy atom. The van der Waals surface area contributed by atoms with Gasteiger partial charge in [0.2, 0.25) is 0 Å². The summed E-state index contributed by atoms with van der Waals surface area (Å²) in [5, 5.41) is 13.2. The molecule has 0 atom stereocenters. The Morgan fingerprint density at radius 3 is 2.75 bits per heavy atom. The zero-order valence-electron chi connectivity index (χ0n) is 13.3. The lowest BCUT2D eigenvalue weighted by Crippen LogP contribution is -2.22. The molecule has 24 heavy (non-hydrogen) atoms. The zero-order valence-corrected chi connectivity index (χ0v) is 14.1. The van der Waals surface area contributed by atoms with Gasteiger partial charge in [-0.05, 0) is 24.3 Å². The Labute approximate surface area is 144 Å². The number of benzene rings is 1. The van der Waals surface area contributed by atoms with E-state index in [9.17, 15) is 9.90 Å². The van der Waals surface area contributed by atoms with Crippen molar-refractivity contribution >= 4 is 34.4 Å². The quantitative estimate of drug-likeness (QED) is 0.761. The van der Waals surface area contributed by atoms with Gasteiger partial charge in [0.25, 0.3) is 5.56 Å². The molecule has 7 heteroatoms. The highest BCUT2D eigenvalue weighted by Crippen LogP contribution is 2.22. The molecule has 2 aromatic heterocycles. The van der Waals surface area contributed by atoms with E-state index in [-0.39, 0.29) is 11.1 Å². The number of hydrogen-bond donors (Lipinski definition) is 2. The largest absolute Gasteiger partial charge is 0.391 e. The van der Waals surface area contributed by atoms with Crippen molar-refractivity contribution in [2.24, 2.45) is 0 Å². The zero-order chi connectivity index (χ0) is 17.3. The summed E-state index contributed by atoms with van der Waals surface area (Å²) in [4.78, 5) is 19.0. The molecule has 2 N–H and O–H groups in total. The predicted octanol–water partition coefficient (Wildman–Crippen LogP) is 2.65. The molecule has 0 aliphatic carbocycles. The fourth-order valence-corrected chi connectivity index (χ4v) is 2.58. The van der Waals surface area contributed by atoms with Crippen LogP contribution in [-0.2, 0) is 6.61 Å². The van der Waals surface area contributed by atoms with Crippen LogP contribution in [0, 0.1) is 0 Å². The van der Waals surface area contributed by atoms with E-state index in [4.69, 9.17) is 11.6 Å². The highest BCUT2D eigenvalue weighted by Gasteiger charge is 2.13. The summed E-state index contributed by atoms with van der Waals surface area (Å²) >= 11 is 5.99. The van der Waals surface area contributed by atoms with Gasteiger partial charge in [0.05, 0.1) is 12.2 Å². The van der Waals surface area contributed by atoms with Gasteiger partial charge in [-0.1, -0.05) is 17.7 Å². The number of hydrogen-bond acceptors (Lipinski definition) is 5. The first-order valence-corrected chi connectivity index (χ1v) is 7.73. The number of nitrogens with zero attached hydrogens (tertiary/aromatic N) is 3. The highest BCUT2D eigenvalue weighted by molar-refractivity contribution is 6.30. The third-order valence-corrected chi connectivity index (χ3v) is 3.90. The monoisotopic (exact) mass is 344 g/mol. The minimum absolute atomic E-state index is 0.199. The van der Waals surface area contributed by atoms with E-state index >= 15 is 0 Å². The average Bonchev–Trinajstić information content (AvgIpc) is 2.54. The molecule has 0 fully saturated rings. The number of aliphatic hydroxyl groups excluding tert-OH is 1. The maximum Gasteiger partial charge on any atom is 0.265 e. The number of aliphatic hydroxyl groups is 1. The molecule has 1 aromatic carbocycles. The molecule has 0 saturated heterocycles. The van der Waals surface area contributed by atoms with Crippen LogP contribution >= 0.6 is 11.6 Å². The van der Waals surface area contributed by atoms with E-state index in [2.05, 4.69) is 10.3 Å². The molecule has 0 bridgehead atoms. The van der Waals surface area contributed by atoms with Gasteiger partial charge in [-0.15, -0.1) is 0 Å². The summed E-state index contributed by atoms with van der Waals surface area (Å²) in [6.45, 7) is -0.410. The SMILES string of the molecule is CN(C)c1ccn2c(=O)c(CO)c(Nc3cccc(Cl)c3)nc2c1. The van der Waals surface area contributed by atoms with Crippen molar-refractivity contribution in [3.8, 4) is 0 Å². The second kappa shape index (κ2) is 6.51. The molecular formula is C17H17ClN4O2. The maximum atomic E-state index is 12.6. The number of nitrogens with one attached hydrogen (secondary N) is 1. The lowest BCUT2D eigenvalue weighted by Gasteiger charge is -2.15. The van der Waals surface area contributed by atoms with Crippen molar-refractivity contribution < 1.29 is 5.11 Å². The van der Waals surface area contributed by atoms with Crippen molar-refractivity contribution in [2.75, 3.05) is 24.3 Å². The summed E-state index contributed by atoms with van der Waals surface area (Å²) in [5.41, 5.74) is 2.00. The lowest BCUT2D eigenvalue weighted by atomic mass is 10.2. The van der Waals surface area contributed by atoms with Crippen LogP contribution in [0.3, 0.4) is 0 Å². The van der Waals surface area contributed by atoms with Gasteiger partial charge in [0.1, 0.15) is 11.5 Å². The van der Waals surface area contributed by atoms with Crippen LogP contribution in [0.25, 0.3) is 5.65 Å². The van der Waals surface area contributed by atoms with Crippen LogP contribution in [0.5, 0.6) is 0 Å². The average molecular weight is 345 g/mol. The van der Waals surface area contributed by atoms with Crippen LogP contribution in [0.4, 0.5) is 17.2 Å². The van der Waals surface area contributed by atoms with Crippen LogP contribution in [0.1, 0.15) is 5.56 Å². The second-order valence-corrected chi connectivity index (χ2v) is 5.98. The number of pyridine rings is 1. The Hall–Kier alpha value is -2.57. The van der Waals surface area contributed by atoms with Gasteiger partial charge in [0, 0.05) is 42.8 Å². The van der Waals surface area contributed by atoms with Crippen LogP contribution < -0.4 is 15.8 Å². The normalized spacial score (nSPS) is 10.8. The lowest BCUT2D eigenvalue weighted by molar-refractivity contribution is 0.280. The second-order valence-electron chi connectivity index (χ2n) is 5.55. The summed E-state index contributed by atoms with van der Waals surface area (Å²) < 4.78 is 1.42. The molecule has 124 valence electrons. The number of halogens is 1. The van der Waals surface area contributed by atoms with E-state index < -0.39 is 6.61 Å². The van der Waals surface area contributed by atoms with E-state index in [0.717, 1.165) is 5.69 Å². The first kappa shape index (κ1) is 16.3. The molecule has 0 aliphatic rings. The Bertz CT molecular complexity index is 953. The fraction of sp³-hybridized carbons (Fsp3) is 0.176. The van der Waals surface area contributed by atoms with E-state index in [1.807, 2.05) is 37.2 Å². The molecule has 0 unspecified atom stereocenters. The van der Waals surface area contributed by atoms with Crippen molar-refractivity contribution in [3.63, 3.8) is 0 Å². The van der Waals surface area contributed by atoms with Gasteiger partial charge in [-0.3, -0.25) is 9.20 Å². The molecule has 6 nitrogen and oxygen atoms in total. The van der Waals surface area contributed by atoms with Crippen LogP contribution in [0.15, 0.2) is 47.4 Å². The van der Waals surface area contributed by atoms with Gasteiger partial charge >= 0.3 is 0 Å². The Morgan fingerprint density at radius 1 is 1.29 bits per heavy atom. The summed E-state index contributed by atoms with van der Waals surface area (Å²) in [6.07, 6.45) is 1.66. The van der Waals surface area contributed by atoms with Gasteiger partial charge < -0.3 is 15.3 Å². The van der Waals surface area contributed by atoms with Crippen molar-refractivity contribution in [1.29, 1.82) is 0 Å². The fourth-order valence-electron chi connectivity index (χ4n) is 2.39. The molecule has 0 radical (unpaired) electrons. The van der Waals surface area contributed by atoms with Gasteiger partial charge in [-0.25, -0.2) is 4.98 Å². The number of rotatable bonds is 4. The summed E-state index contributed by atoms with van der Waals surface area (Å²) in [6, 6.07) is 10.7. The molecular weight excluding hydrogens is 328 g/mol. The minimum atomic E-state index is -0.410. The smallest absolute Gasteiger partial charge is 0.265 e. The third-order valence-electron chi connectivity index (χ3n) is 3.67. The number of aromatic nitrogens is 2. The topological polar surface area (TPSA) is 69.9 Å². The predicted molar refractivity (Wildman–Crippen MR) is 96.4 cm³/mol. The molecule has 0 spiro atoms. The van der Waals surface area contributed by atoms with Gasteiger partial charge in [0.15, 0.2) is 0 Å². The standard InChI is InChI=1S/C17H17ClN4O2/c1-21(2)13-6-7-22-15(9-13)20-16(14(10-23)17(22)24)19-12-5-3-4-11(18)8-12/h3-9,19,23H,10H2,1-2H3. The molecule has 3 rings (SSSR count). The molecule has 0 saturated carbocycles. The van der Waals surface area contributed by atoms with Crippen molar-refractivity contribution in [2.45, 2.75) is 6.61 Å². The van der Waals surface area contributed by atoms with E-state index in [1.54, 1.807) is 24.4 Å². The summed E-state index contributed by atoms with van der Waals surface area (Å²) in [5.74, 6) is 0.320. The highest BCUT2D eigenvalue weighted by atomic mass is 35.5. The maximum absolute atomic E-state index is 12.6. The number of anilines is 3. The number of fused-ring (bicyclic) bond motifs is 1. The first-order valence-electron chi connectivity index (χ1n) is 7.35. The van der Waals surface area contributed by atoms with Crippen LogP contribution in [0.2, 0.25) is 5.02 Å². The molecule has 0 amide bonds. The van der Waals surface area contributed by atoms with E-state index in [1.165, 1.54) is 4.40 Å². The third kappa shape index (κ3) is 3.06. The van der Waals surface area contributed by atoms with Crippen molar-refractivity contribution in [3.05, 3.63) is 63.5 Å². The molecule has 0 aliphatic heterocycles.